The lowest BCUT2D eigenvalue weighted by atomic mass is 9.82. The Labute approximate surface area is 106 Å². The van der Waals surface area contributed by atoms with Crippen LogP contribution in [0.3, 0.4) is 0 Å². The summed E-state index contributed by atoms with van der Waals surface area (Å²) >= 11 is 0. The van der Waals surface area contributed by atoms with Crippen LogP contribution in [0.15, 0.2) is 24.3 Å². The van der Waals surface area contributed by atoms with Crippen molar-refractivity contribution >= 4 is 11.7 Å². The molecule has 0 atom stereocenters. The Kier molecular flexibility index (Phi) is 3.52. The molecule has 2 N–H and O–H groups in total. The van der Waals surface area contributed by atoms with E-state index in [2.05, 4.69) is 11.4 Å². The molecule has 0 aromatic heterocycles. The summed E-state index contributed by atoms with van der Waals surface area (Å²) in [4.78, 5) is 10.9. The number of hydrogen-bond donors (Lipinski definition) is 2. The number of carbonyl (C=O) groups is 1. The van der Waals surface area contributed by atoms with E-state index in [1.165, 1.54) is 6.42 Å². The molecule has 1 aliphatic carbocycles. The van der Waals surface area contributed by atoms with E-state index in [0.29, 0.717) is 5.69 Å². The first-order valence-corrected chi connectivity index (χ1v) is 6.18. The maximum Gasteiger partial charge on any atom is 0.335 e. The van der Waals surface area contributed by atoms with Gasteiger partial charge in [-0.25, -0.2) is 4.79 Å². The Morgan fingerprint density at radius 3 is 2.67 bits per heavy atom. The van der Waals surface area contributed by atoms with Gasteiger partial charge in [0, 0.05) is 5.69 Å². The molecule has 0 aliphatic heterocycles. The minimum absolute atomic E-state index is 0.240. The van der Waals surface area contributed by atoms with Crippen molar-refractivity contribution in [1.82, 2.24) is 0 Å². The zero-order valence-corrected chi connectivity index (χ0v) is 10.1. The molecule has 0 radical (unpaired) electrons. The standard InChI is InChI=1S/C14H16N2O2/c15-10-14(7-2-1-3-8-14)16-12-6-4-5-11(9-12)13(17)18/h4-6,9,16H,1-3,7-8H2,(H,17,18). The van der Waals surface area contributed by atoms with Gasteiger partial charge in [-0.15, -0.1) is 0 Å². The van der Waals surface area contributed by atoms with E-state index in [-0.39, 0.29) is 5.56 Å². The normalized spacial score (nSPS) is 17.7. The third-order valence-corrected chi connectivity index (χ3v) is 3.41. The second-order valence-electron chi connectivity index (χ2n) is 4.77. The molecule has 0 saturated heterocycles. The molecule has 1 saturated carbocycles. The van der Waals surface area contributed by atoms with Gasteiger partial charge in [0.25, 0.3) is 0 Å². The Morgan fingerprint density at radius 2 is 2.06 bits per heavy atom. The molecule has 0 unspecified atom stereocenters. The monoisotopic (exact) mass is 244 g/mol. The van der Waals surface area contributed by atoms with E-state index >= 15 is 0 Å². The number of anilines is 1. The van der Waals surface area contributed by atoms with Crippen molar-refractivity contribution in [1.29, 1.82) is 5.26 Å². The van der Waals surface area contributed by atoms with Crippen molar-refractivity contribution in [3.8, 4) is 6.07 Å². The topological polar surface area (TPSA) is 73.1 Å². The highest BCUT2D eigenvalue weighted by Gasteiger charge is 2.31. The summed E-state index contributed by atoms with van der Waals surface area (Å²) in [5, 5.41) is 21.5. The van der Waals surface area contributed by atoms with E-state index in [1.807, 2.05) is 0 Å². The van der Waals surface area contributed by atoms with Crippen LogP contribution in [0.1, 0.15) is 42.5 Å². The van der Waals surface area contributed by atoms with Crippen LogP contribution in [0.25, 0.3) is 0 Å². The van der Waals surface area contributed by atoms with E-state index in [9.17, 15) is 10.1 Å². The summed E-state index contributed by atoms with van der Waals surface area (Å²) in [5.41, 5.74) is 0.414. The van der Waals surface area contributed by atoms with Crippen molar-refractivity contribution in [3.63, 3.8) is 0 Å². The summed E-state index contributed by atoms with van der Waals surface area (Å²) in [6, 6.07) is 8.98. The molecule has 1 aromatic carbocycles. The van der Waals surface area contributed by atoms with Gasteiger partial charge in [0.05, 0.1) is 11.6 Å². The van der Waals surface area contributed by atoms with Crippen LogP contribution in [0.4, 0.5) is 5.69 Å². The van der Waals surface area contributed by atoms with Crippen LogP contribution in [0.5, 0.6) is 0 Å². The predicted octanol–water partition coefficient (Wildman–Crippen LogP) is 3.02. The van der Waals surface area contributed by atoms with Crippen molar-refractivity contribution in [2.45, 2.75) is 37.6 Å². The van der Waals surface area contributed by atoms with Crippen LogP contribution in [-0.2, 0) is 0 Å². The van der Waals surface area contributed by atoms with E-state index in [1.54, 1.807) is 24.3 Å². The van der Waals surface area contributed by atoms with Crippen molar-refractivity contribution in [2.24, 2.45) is 0 Å². The lowest BCUT2D eigenvalue weighted by molar-refractivity contribution is 0.0697. The van der Waals surface area contributed by atoms with Crippen molar-refractivity contribution in [2.75, 3.05) is 5.32 Å². The zero-order valence-electron chi connectivity index (χ0n) is 10.1. The lowest BCUT2D eigenvalue weighted by Crippen LogP contribution is -2.38. The number of carboxylic acids is 1. The second kappa shape index (κ2) is 5.09. The van der Waals surface area contributed by atoms with Gasteiger partial charge in [0.2, 0.25) is 0 Å². The minimum Gasteiger partial charge on any atom is -0.478 e. The first-order chi connectivity index (χ1) is 8.65. The highest BCUT2D eigenvalue weighted by atomic mass is 16.4. The van der Waals surface area contributed by atoms with Gasteiger partial charge >= 0.3 is 5.97 Å². The molecule has 0 spiro atoms. The number of hydrogen-bond acceptors (Lipinski definition) is 3. The molecule has 4 nitrogen and oxygen atoms in total. The summed E-state index contributed by atoms with van der Waals surface area (Å²) < 4.78 is 0. The Hall–Kier alpha value is -2.02. The number of carboxylic acid groups (broad SMARTS) is 1. The molecule has 1 fully saturated rings. The highest BCUT2D eigenvalue weighted by molar-refractivity contribution is 5.88. The van der Waals surface area contributed by atoms with Crippen LogP contribution in [-0.4, -0.2) is 16.6 Å². The largest absolute Gasteiger partial charge is 0.478 e. The van der Waals surface area contributed by atoms with Crippen LogP contribution in [0, 0.1) is 11.3 Å². The number of benzene rings is 1. The fraction of sp³-hybridized carbons (Fsp3) is 0.429. The molecule has 1 aliphatic rings. The third kappa shape index (κ3) is 2.62. The number of rotatable bonds is 3. The van der Waals surface area contributed by atoms with Crippen LogP contribution >= 0.6 is 0 Å². The van der Waals surface area contributed by atoms with Crippen molar-refractivity contribution < 1.29 is 9.90 Å². The first-order valence-electron chi connectivity index (χ1n) is 6.18. The fourth-order valence-electron chi connectivity index (χ4n) is 2.43. The molecule has 18 heavy (non-hydrogen) atoms. The molecular formula is C14H16N2O2. The molecule has 94 valence electrons. The Bertz CT molecular complexity index is 485. The SMILES string of the molecule is N#CC1(Nc2cccc(C(=O)O)c2)CCCCC1. The molecule has 0 bridgehead atoms. The Balaban J connectivity index is 2.19. The molecule has 4 heteroatoms. The summed E-state index contributed by atoms with van der Waals surface area (Å²) in [5.74, 6) is -0.951. The maximum atomic E-state index is 10.9. The van der Waals surface area contributed by atoms with Crippen LogP contribution < -0.4 is 5.32 Å². The number of nitrogens with zero attached hydrogens (tertiary/aromatic N) is 1. The lowest BCUT2D eigenvalue weighted by Gasteiger charge is -2.32. The second-order valence-corrected chi connectivity index (χ2v) is 4.77. The molecule has 0 amide bonds. The number of aromatic carboxylic acids is 1. The highest BCUT2D eigenvalue weighted by Crippen LogP contribution is 2.31. The maximum absolute atomic E-state index is 10.9. The summed E-state index contributed by atoms with van der Waals surface area (Å²) in [6.07, 6.45) is 4.89. The van der Waals surface area contributed by atoms with Gasteiger partial charge in [0.15, 0.2) is 0 Å². The van der Waals surface area contributed by atoms with Crippen molar-refractivity contribution in [3.05, 3.63) is 29.8 Å². The summed E-state index contributed by atoms with van der Waals surface area (Å²) in [6.45, 7) is 0. The number of nitrogens with one attached hydrogen (secondary N) is 1. The van der Waals surface area contributed by atoms with Gasteiger partial charge in [-0.1, -0.05) is 25.3 Å². The molecule has 0 heterocycles. The third-order valence-electron chi connectivity index (χ3n) is 3.41. The van der Waals surface area contributed by atoms with Gasteiger partial charge in [0.1, 0.15) is 5.54 Å². The van der Waals surface area contributed by atoms with Gasteiger partial charge in [-0.2, -0.15) is 5.26 Å². The smallest absolute Gasteiger partial charge is 0.335 e. The fourth-order valence-corrected chi connectivity index (χ4v) is 2.43. The van der Waals surface area contributed by atoms with Gasteiger partial charge < -0.3 is 10.4 Å². The van der Waals surface area contributed by atoms with Gasteiger partial charge in [-0.3, -0.25) is 0 Å². The van der Waals surface area contributed by atoms with Crippen LogP contribution in [0.2, 0.25) is 0 Å². The average molecular weight is 244 g/mol. The van der Waals surface area contributed by atoms with E-state index in [0.717, 1.165) is 25.7 Å². The zero-order chi connectivity index (χ0) is 13.0. The summed E-state index contributed by atoms with van der Waals surface area (Å²) in [7, 11) is 0. The van der Waals surface area contributed by atoms with E-state index in [4.69, 9.17) is 5.11 Å². The van der Waals surface area contributed by atoms with Gasteiger partial charge in [-0.05, 0) is 31.0 Å². The molecule has 1 aromatic rings. The molecule has 2 rings (SSSR count). The molecular weight excluding hydrogens is 228 g/mol. The quantitative estimate of drug-likeness (QED) is 0.857. The predicted molar refractivity (Wildman–Crippen MR) is 68.5 cm³/mol. The first kappa shape index (κ1) is 12.4. The van der Waals surface area contributed by atoms with E-state index < -0.39 is 11.5 Å². The minimum atomic E-state index is -0.951. The average Bonchev–Trinajstić information content (AvgIpc) is 2.40. The number of nitriles is 1. The Morgan fingerprint density at radius 1 is 1.33 bits per heavy atom.